The van der Waals surface area contributed by atoms with E-state index in [0.717, 1.165) is 0 Å². The molecule has 0 aromatic heterocycles. The van der Waals surface area contributed by atoms with E-state index >= 15 is 0 Å². The van der Waals surface area contributed by atoms with E-state index in [2.05, 4.69) is 9.47 Å². The number of alkyl halides is 4. The van der Waals surface area contributed by atoms with Crippen molar-refractivity contribution in [2.75, 3.05) is 13.7 Å². The Hall–Kier alpha value is -0.360. The zero-order valence-corrected chi connectivity index (χ0v) is 6.69. The van der Waals surface area contributed by atoms with Gasteiger partial charge in [-0.1, -0.05) is 0 Å². The third-order valence-electron chi connectivity index (χ3n) is 1.17. The Morgan fingerprint density at radius 2 is 1.83 bits per heavy atom. The van der Waals surface area contributed by atoms with Crippen molar-refractivity contribution < 1.29 is 27.0 Å². The lowest BCUT2D eigenvalue weighted by molar-refractivity contribution is -0.306. The molecule has 0 heterocycles. The van der Waals surface area contributed by atoms with Gasteiger partial charge in [-0.15, -0.1) is 0 Å². The summed E-state index contributed by atoms with van der Waals surface area (Å²) in [5.41, 5.74) is 0. The highest BCUT2D eigenvalue weighted by atomic mass is 19.3. The van der Waals surface area contributed by atoms with Crippen molar-refractivity contribution in [3.8, 4) is 0 Å². The minimum atomic E-state index is -4.38. The Bertz CT molecular complexity index is 129. The molecule has 0 N–H and O–H groups in total. The van der Waals surface area contributed by atoms with Gasteiger partial charge < -0.3 is 9.47 Å². The monoisotopic (exact) mass is 190 g/mol. The molecular formula is C6H10F4O2. The van der Waals surface area contributed by atoms with Gasteiger partial charge in [0.05, 0.1) is 12.7 Å². The van der Waals surface area contributed by atoms with Crippen LogP contribution < -0.4 is 0 Å². The lowest BCUT2D eigenvalue weighted by atomic mass is 10.4. The number of hydrogen-bond acceptors (Lipinski definition) is 2. The van der Waals surface area contributed by atoms with E-state index in [1.807, 2.05) is 0 Å². The molecule has 0 amide bonds. The van der Waals surface area contributed by atoms with E-state index in [0.29, 0.717) is 0 Å². The van der Waals surface area contributed by atoms with Crippen LogP contribution in [-0.4, -0.2) is 32.4 Å². The van der Waals surface area contributed by atoms with Gasteiger partial charge in [-0.25, -0.2) is 8.78 Å². The maximum atomic E-state index is 12.0. The van der Waals surface area contributed by atoms with Crippen molar-refractivity contribution in [3.63, 3.8) is 0 Å². The van der Waals surface area contributed by atoms with Crippen molar-refractivity contribution in [2.24, 2.45) is 0 Å². The van der Waals surface area contributed by atoms with E-state index in [9.17, 15) is 17.6 Å². The number of halogens is 4. The summed E-state index contributed by atoms with van der Waals surface area (Å²) >= 11 is 0. The van der Waals surface area contributed by atoms with Crippen molar-refractivity contribution in [3.05, 3.63) is 0 Å². The van der Waals surface area contributed by atoms with Gasteiger partial charge in [-0.3, -0.25) is 0 Å². The Labute approximate surface area is 67.5 Å². The predicted octanol–water partition coefficient (Wildman–Crippen LogP) is 1.90. The molecule has 0 aliphatic carbocycles. The van der Waals surface area contributed by atoms with Crippen LogP contribution >= 0.6 is 0 Å². The van der Waals surface area contributed by atoms with E-state index in [-0.39, 0.29) is 0 Å². The van der Waals surface area contributed by atoms with Gasteiger partial charge in [0, 0.05) is 7.11 Å². The van der Waals surface area contributed by atoms with Crippen LogP contribution in [0, 0.1) is 0 Å². The standard InChI is InChI=1S/C6H10F4O2/c1-4(11-2)3-12-6(9,10)5(7)8/h4-5H,3H2,1-2H3. The first-order chi connectivity index (χ1) is 5.40. The third-order valence-corrected chi connectivity index (χ3v) is 1.17. The van der Waals surface area contributed by atoms with Crippen LogP contribution in [-0.2, 0) is 9.47 Å². The molecule has 0 aliphatic heterocycles. The fourth-order valence-electron chi connectivity index (χ4n) is 0.359. The fourth-order valence-corrected chi connectivity index (χ4v) is 0.359. The minimum absolute atomic E-state index is 0.562. The highest BCUT2D eigenvalue weighted by Gasteiger charge is 2.42. The second-order valence-electron chi connectivity index (χ2n) is 2.22. The zero-order chi connectivity index (χ0) is 9.78. The van der Waals surface area contributed by atoms with Crippen LogP contribution in [0.2, 0.25) is 0 Å². The van der Waals surface area contributed by atoms with Crippen molar-refractivity contribution in [2.45, 2.75) is 25.6 Å². The fraction of sp³-hybridized carbons (Fsp3) is 1.00. The molecule has 0 bridgehead atoms. The molecule has 12 heavy (non-hydrogen) atoms. The summed E-state index contributed by atoms with van der Waals surface area (Å²) in [6, 6.07) is 0. The predicted molar refractivity (Wildman–Crippen MR) is 33.4 cm³/mol. The molecule has 1 unspecified atom stereocenters. The summed E-state index contributed by atoms with van der Waals surface area (Å²) in [4.78, 5) is 0. The van der Waals surface area contributed by atoms with E-state index in [4.69, 9.17) is 0 Å². The number of hydrogen-bond donors (Lipinski definition) is 0. The van der Waals surface area contributed by atoms with Crippen molar-refractivity contribution >= 4 is 0 Å². The maximum Gasteiger partial charge on any atom is 0.416 e. The number of ether oxygens (including phenoxy) is 2. The summed E-state index contributed by atoms with van der Waals surface area (Å²) in [6.07, 6.45) is -8.82. The average molecular weight is 190 g/mol. The Balaban J connectivity index is 3.75. The quantitative estimate of drug-likeness (QED) is 0.616. The molecule has 1 atom stereocenters. The molecular weight excluding hydrogens is 180 g/mol. The summed E-state index contributed by atoms with van der Waals surface area (Å²) in [7, 11) is 1.27. The minimum Gasteiger partial charge on any atom is -0.379 e. The van der Waals surface area contributed by atoms with Crippen LogP contribution in [0.15, 0.2) is 0 Å². The molecule has 6 heteroatoms. The molecule has 0 rings (SSSR count). The Morgan fingerprint density at radius 3 is 2.17 bits per heavy atom. The maximum absolute atomic E-state index is 12.0. The lowest BCUT2D eigenvalue weighted by Crippen LogP contribution is -2.33. The summed E-state index contributed by atoms with van der Waals surface area (Å²) in [5.74, 6) is 0. The number of methoxy groups -OCH3 is 1. The summed E-state index contributed by atoms with van der Waals surface area (Å²) < 4.78 is 55.1. The Kier molecular flexibility index (Phi) is 4.47. The molecule has 0 fully saturated rings. The molecule has 2 nitrogen and oxygen atoms in total. The Morgan fingerprint density at radius 1 is 1.33 bits per heavy atom. The molecule has 74 valence electrons. The molecule has 0 aromatic carbocycles. The first-order valence-corrected chi connectivity index (χ1v) is 3.23. The van der Waals surface area contributed by atoms with Gasteiger partial charge in [0.15, 0.2) is 0 Å². The molecule has 0 saturated carbocycles. The van der Waals surface area contributed by atoms with E-state index < -0.39 is 25.2 Å². The second-order valence-corrected chi connectivity index (χ2v) is 2.22. The van der Waals surface area contributed by atoms with E-state index in [1.54, 1.807) is 0 Å². The smallest absolute Gasteiger partial charge is 0.379 e. The highest BCUT2D eigenvalue weighted by molar-refractivity contribution is 4.56. The van der Waals surface area contributed by atoms with Gasteiger partial charge in [-0.05, 0) is 6.92 Å². The van der Waals surface area contributed by atoms with Crippen molar-refractivity contribution in [1.29, 1.82) is 0 Å². The van der Waals surface area contributed by atoms with Crippen LogP contribution in [0.4, 0.5) is 17.6 Å². The van der Waals surface area contributed by atoms with Crippen LogP contribution in [0.3, 0.4) is 0 Å². The third kappa shape index (κ3) is 3.87. The van der Waals surface area contributed by atoms with Crippen molar-refractivity contribution in [1.82, 2.24) is 0 Å². The summed E-state index contributed by atoms with van der Waals surface area (Å²) in [6.45, 7) is 0.870. The first-order valence-electron chi connectivity index (χ1n) is 3.23. The van der Waals surface area contributed by atoms with Gasteiger partial charge in [0.1, 0.15) is 0 Å². The molecule has 0 spiro atoms. The first kappa shape index (κ1) is 11.6. The zero-order valence-electron chi connectivity index (χ0n) is 6.69. The van der Waals surface area contributed by atoms with Crippen LogP contribution in [0.1, 0.15) is 6.92 Å². The second kappa shape index (κ2) is 4.61. The highest BCUT2D eigenvalue weighted by Crippen LogP contribution is 2.24. The molecule has 0 aromatic rings. The van der Waals surface area contributed by atoms with E-state index in [1.165, 1.54) is 14.0 Å². The largest absolute Gasteiger partial charge is 0.416 e. The van der Waals surface area contributed by atoms with Gasteiger partial charge in [0.25, 0.3) is 0 Å². The lowest BCUT2D eigenvalue weighted by Gasteiger charge is -2.17. The molecule has 0 radical (unpaired) electrons. The molecule has 0 saturated heterocycles. The normalized spacial score (nSPS) is 15.2. The van der Waals surface area contributed by atoms with Crippen LogP contribution in [0.5, 0.6) is 0 Å². The van der Waals surface area contributed by atoms with Gasteiger partial charge in [-0.2, -0.15) is 8.78 Å². The van der Waals surface area contributed by atoms with Gasteiger partial charge in [0.2, 0.25) is 0 Å². The average Bonchev–Trinajstić information content (AvgIpc) is 2.00. The topological polar surface area (TPSA) is 18.5 Å². The SMILES string of the molecule is COC(C)COC(F)(F)C(F)F. The summed E-state index contributed by atoms with van der Waals surface area (Å²) in [5, 5.41) is 0. The number of rotatable bonds is 5. The van der Waals surface area contributed by atoms with Gasteiger partial charge >= 0.3 is 12.5 Å². The molecule has 0 aliphatic rings. The van der Waals surface area contributed by atoms with Crippen LogP contribution in [0.25, 0.3) is 0 Å².